The molecule has 5 nitrogen and oxygen atoms in total. The third kappa shape index (κ3) is 4.38. The smallest absolute Gasteiger partial charge is 0.417 e. The summed E-state index contributed by atoms with van der Waals surface area (Å²) in [5.74, 6) is 0.499. The Balaban J connectivity index is 1.90. The summed E-state index contributed by atoms with van der Waals surface area (Å²) in [6.07, 6.45) is 2.97. The normalized spacial score (nSPS) is 16.3. The maximum absolute atomic E-state index is 11.9. The van der Waals surface area contributed by atoms with Crippen molar-refractivity contribution in [2.75, 3.05) is 13.1 Å². The number of rotatable bonds is 2. The van der Waals surface area contributed by atoms with Crippen LogP contribution in [0.4, 0.5) is 4.79 Å². The summed E-state index contributed by atoms with van der Waals surface area (Å²) in [5, 5.41) is 2.10. The Labute approximate surface area is 117 Å². The van der Waals surface area contributed by atoms with Gasteiger partial charge < -0.3 is 14.4 Å². The van der Waals surface area contributed by atoms with E-state index in [-0.39, 0.29) is 11.7 Å². The molecule has 1 aromatic heterocycles. The maximum Gasteiger partial charge on any atom is 0.417 e. The highest BCUT2D eigenvalue weighted by Gasteiger charge is 2.20. The zero-order chi connectivity index (χ0) is 13.9. The van der Waals surface area contributed by atoms with Crippen molar-refractivity contribution in [1.82, 2.24) is 9.88 Å². The number of aromatic nitrogens is 1. The van der Waals surface area contributed by atoms with Crippen LogP contribution in [0.5, 0.6) is 11.1 Å². The molecule has 0 radical (unpaired) electrons. The molecule has 1 aromatic rings. The number of carbonyl (C=O) groups is 1. The summed E-state index contributed by atoms with van der Waals surface area (Å²) in [5.41, 5.74) is -0.303. The van der Waals surface area contributed by atoms with Gasteiger partial charge in [0.05, 0.1) is 5.38 Å². The molecule has 1 amide bonds. The Bertz CT molecular complexity index is 433. The van der Waals surface area contributed by atoms with Crippen LogP contribution in [-0.4, -0.2) is 34.7 Å². The van der Waals surface area contributed by atoms with Gasteiger partial charge >= 0.3 is 6.09 Å². The summed E-state index contributed by atoms with van der Waals surface area (Å²) in [6, 6.07) is 0. The van der Waals surface area contributed by atoms with Crippen LogP contribution in [0.2, 0.25) is 0 Å². The third-order valence-corrected chi connectivity index (χ3v) is 3.36. The van der Waals surface area contributed by atoms with Gasteiger partial charge in [-0.05, 0) is 40.0 Å². The standard InChI is InChI=1S/C13H20N2O3S/c1-13(2,3)18-10-9-19-11(14-10)17-12(16)15-7-5-4-6-8-15/h9H,4-8H2,1-3H3. The molecule has 1 fully saturated rings. The van der Waals surface area contributed by atoms with Crippen LogP contribution in [0.25, 0.3) is 0 Å². The average molecular weight is 284 g/mol. The van der Waals surface area contributed by atoms with Crippen molar-refractivity contribution in [3.63, 3.8) is 0 Å². The lowest BCUT2D eigenvalue weighted by molar-refractivity contribution is 0.123. The molecule has 0 atom stereocenters. The summed E-state index contributed by atoms with van der Waals surface area (Å²) in [6.45, 7) is 7.40. The average Bonchev–Trinajstić information content (AvgIpc) is 2.75. The molecular weight excluding hydrogens is 264 g/mol. The fraction of sp³-hybridized carbons (Fsp3) is 0.692. The minimum Gasteiger partial charge on any atom is -0.471 e. The minimum absolute atomic E-state index is 0.303. The number of nitrogens with zero attached hydrogens (tertiary/aromatic N) is 2. The SMILES string of the molecule is CC(C)(C)Oc1csc(OC(=O)N2CCCCC2)n1. The molecule has 1 aliphatic rings. The van der Waals surface area contributed by atoms with Gasteiger partial charge in [0, 0.05) is 13.1 Å². The van der Waals surface area contributed by atoms with Crippen LogP contribution in [0.1, 0.15) is 40.0 Å². The molecule has 0 bridgehead atoms. The topological polar surface area (TPSA) is 51.7 Å². The fourth-order valence-corrected chi connectivity index (χ4v) is 2.43. The summed E-state index contributed by atoms with van der Waals surface area (Å²) in [4.78, 5) is 17.8. The number of ether oxygens (including phenoxy) is 2. The summed E-state index contributed by atoms with van der Waals surface area (Å²) < 4.78 is 10.9. The third-order valence-electron chi connectivity index (χ3n) is 2.66. The largest absolute Gasteiger partial charge is 0.471 e. The first-order chi connectivity index (χ1) is 8.94. The molecule has 2 heterocycles. The van der Waals surface area contributed by atoms with Gasteiger partial charge in [-0.2, -0.15) is 4.98 Å². The number of hydrogen-bond acceptors (Lipinski definition) is 5. The molecule has 0 unspecified atom stereocenters. The minimum atomic E-state index is -0.309. The van der Waals surface area contributed by atoms with E-state index in [9.17, 15) is 4.79 Å². The lowest BCUT2D eigenvalue weighted by Gasteiger charge is -2.25. The first-order valence-corrected chi connectivity index (χ1v) is 7.43. The highest BCUT2D eigenvalue weighted by Crippen LogP contribution is 2.26. The molecular formula is C13H20N2O3S. The van der Waals surface area contributed by atoms with E-state index in [0.29, 0.717) is 11.1 Å². The molecule has 19 heavy (non-hydrogen) atoms. The number of thiazole rings is 1. The van der Waals surface area contributed by atoms with Crippen LogP contribution in [0.3, 0.4) is 0 Å². The molecule has 0 saturated carbocycles. The summed E-state index contributed by atoms with van der Waals surface area (Å²) >= 11 is 1.28. The van der Waals surface area contributed by atoms with Crippen molar-refractivity contribution >= 4 is 17.4 Å². The van der Waals surface area contributed by atoms with E-state index in [4.69, 9.17) is 9.47 Å². The fourth-order valence-electron chi connectivity index (χ4n) is 1.87. The Morgan fingerprint density at radius 3 is 2.63 bits per heavy atom. The van der Waals surface area contributed by atoms with Gasteiger partial charge in [-0.15, -0.1) is 0 Å². The van der Waals surface area contributed by atoms with Crippen molar-refractivity contribution < 1.29 is 14.3 Å². The maximum atomic E-state index is 11.9. The Kier molecular flexibility index (Phi) is 4.29. The van der Waals surface area contributed by atoms with Crippen LogP contribution in [0.15, 0.2) is 5.38 Å². The highest BCUT2D eigenvalue weighted by molar-refractivity contribution is 7.11. The Hall–Kier alpha value is -1.30. The Morgan fingerprint density at radius 2 is 2.00 bits per heavy atom. The zero-order valence-electron chi connectivity index (χ0n) is 11.6. The molecule has 6 heteroatoms. The van der Waals surface area contributed by atoms with Crippen LogP contribution in [-0.2, 0) is 0 Å². The van der Waals surface area contributed by atoms with Gasteiger partial charge in [0.25, 0.3) is 5.19 Å². The monoisotopic (exact) mass is 284 g/mol. The van der Waals surface area contributed by atoms with Crippen molar-refractivity contribution in [3.8, 4) is 11.1 Å². The second-order valence-electron chi connectivity index (χ2n) is 5.58. The molecule has 0 N–H and O–H groups in total. The van der Waals surface area contributed by atoms with Gasteiger partial charge in [-0.25, -0.2) is 4.79 Å². The van der Waals surface area contributed by atoms with Crippen LogP contribution >= 0.6 is 11.3 Å². The van der Waals surface area contributed by atoms with E-state index in [1.165, 1.54) is 17.8 Å². The molecule has 0 aromatic carbocycles. The number of piperidine rings is 1. The van der Waals surface area contributed by atoms with Gasteiger partial charge in [0.2, 0.25) is 5.88 Å². The molecule has 1 saturated heterocycles. The number of carbonyl (C=O) groups excluding carboxylic acids is 1. The van der Waals surface area contributed by atoms with Gasteiger partial charge in [-0.1, -0.05) is 11.3 Å². The second kappa shape index (κ2) is 5.77. The van der Waals surface area contributed by atoms with E-state index in [1.807, 2.05) is 20.8 Å². The first-order valence-electron chi connectivity index (χ1n) is 6.55. The first kappa shape index (κ1) is 14.1. The number of likely N-dealkylation sites (tertiary alicyclic amines) is 1. The lowest BCUT2D eigenvalue weighted by atomic mass is 10.1. The van der Waals surface area contributed by atoms with Crippen molar-refractivity contribution in [2.45, 2.75) is 45.6 Å². The highest BCUT2D eigenvalue weighted by atomic mass is 32.1. The molecule has 106 valence electrons. The molecule has 2 rings (SSSR count). The van der Waals surface area contributed by atoms with Gasteiger partial charge in [0.1, 0.15) is 5.60 Å². The predicted octanol–water partition coefficient (Wildman–Crippen LogP) is 3.31. The zero-order valence-corrected chi connectivity index (χ0v) is 12.5. The molecule has 1 aliphatic heterocycles. The van der Waals surface area contributed by atoms with Crippen molar-refractivity contribution in [2.24, 2.45) is 0 Å². The van der Waals surface area contributed by atoms with E-state index in [0.717, 1.165) is 25.9 Å². The van der Waals surface area contributed by atoms with E-state index < -0.39 is 0 Å². The van der Waals surface area contributed by atoms with Crippen molar-refractivity contribution in [3.05, 3.63) is 5.38 Å². The Morgan fingerprint density at radius 1 is 1.32 bits per heavy atom. The van der Waals surface area contributed by atoms with E-state index >= 15 is 0 Å². The van der Waals surface area contributed by atoms with E-state index in [2.05, 4.69) is 4.98 Å². The molecule has 0 aliphatic carbocycles. The van der Waals surface area contributed by atoms with Crippen molar-refractivity contribution in [1.29, 1.82) is 0 Å². The summed E-state index contributed by atoms with van der Waals surface area (Å²) in [7, 11) is 0. The predicted molar refractivity (Wildman–Crippen MR) is 73.9 cm³/mol. The number of amides is 1. The second-order valence-corrected chi connectivity index (χ2v) is 6.40. The molecule has 0 spiro atoms. The van der Waals surface area contributed by atoms with Crippen LogP contribution in [0, 0.1) is 0 Å². The lowest BCUT2D eigenvalue weighted by Crippen LogP contribution is -2.37. The van der Waals surface area contributed by atoms with E-state index in [1.54, 1.807) is 10.3 Å². The van der Waals surface area contributed by atoms with Gasteiger partial charge in [-0.3, -0.25) is 0 Å². The quantitative estimate of drug-likeness (QED) is 0.836. The van der Waals surface area contributed by atoms with Crippen LogP contribution < -0.4 is 9.47 Å². The van der Waals surface area contributed by atoms with Gasteiger partial charge in [0.15, 0.2) is 0 Å². The number of hydrogen-bond donors (Lipinski definition) is 0.